The first kappa shape index (κ1) is 14.5. The average Bonchev–Trinajstić information content (AvgIpc) is 2.38. The second-order valence-electron chi connectivity index (χ2n) is 4.47. The standard InChI is InChI=1S/C14H22N2O2/c1-3-5-6-12-15(11-4-2)13-7-9-14(10-8-13)16(17)18/h7-10H,3-6,11-12H2,1-2H3. The molecule has 4 nitrogen and oxygen atoms in total. The Morgan fingerprint density at radius 1 is 1.06 bits per heavy atom. The Balaban J connectivity index is 2.68. The minimum absolute atomic E-state index is 0.156. The summed E-state index contributed by atoms with van der Waals surface area (Å²) in [5.41, 5.74) is 1.24. The van der Waals surface area contributed by atoms with Crippen molar-refractivity contribution in [1.82, 2.24) is 0 Å². The van der Waals surface area contributed by atoms with Crippen LogP contribution in [0.1, 0.15) is 39.5 Å². The van der Waals surface area contributed by atoms with E-state index < -0.39 is 0 Å². The van der Waals surface area contributed by atoms with Gasteiger partial charge in [-0.15, -0.1) is 0 Å². The molecule has 4 heteroatoms. The summed E-state index contributed by atoms with van der Waals surface area (Å²) >= 11 is 0. The topological polar surface area (TPSA) is 46.4 Å². The van der Waals surface area contributed by atoms with E-state index in [1.54, 1.807) is 12.1 Å². The molecule has 0 saturated carbocycles. The van der Waals surface area contributed by atoms with Crippen LogP contribution >= 0.6 is 0 Å². The zero-order valence-corrected chi connectivity index (χ0v) is 11.3. The molecular formula is C14H22N2O2. The molecule has 18 heavy (non-hydrogen) atoms. The molecule has 0 aliphatic carbocycles. The lowest BCUT2D eigenvalue weighted by molar-refractivity contribution is -0.384. The normalized spacial score (nSPS) is 10.3. The zero-order valence-electron chi connectivity index (χ0n) is 11.3. The first-order valence-corrected chi connectivity index (χ1v) is 6.68. The van der Waals surface area contributed by atoms with Crippen molar-refractivity contribution in [1.29, 1.82) is 0 Å². The second-order valence-corrected chi connectivity index (χ2v) is 4.47. The molecule has 0 amide bonds. The third-order valence-corrected chi connectivity index (χ3v) is 2.95. The summed E-state index contributed by atoms with van der Waals surface area (Å²) in [7, 11) is 0. The van der Waals surface area contributed by atoms with Crippen LogP contribution in [0.25, 0.3) is 0 Å². The zero-order chi connectivity index (χ0) is 13.4. The summed E-state index contributed by atoms with van der Waals surface area (Å²) in [6.45, 7) is 6.37. The van der Waals surface area contributed by atoms with Crippen molar-refractivity contribution in [2.75, 3.05) is 18.0 Å². The molecule has 1 rings (SSSR count). The van der Waals surface area contributed by atoms with Gasteiger partial charge in [-0.2, -0.15) is 0 Å². The maximum atomic E-state index is 10.6. The smallest absolute Gasteiger partial charge is 0.269 e. The summed E-state index contributed by atoms with van der Waals surface area (Å²) in [4.78, 5) is 12.6. The van der Waals surface area contributed by atoms with E-state index in [0.717, 1.165) is 25.2 Å². The number of unbranched alkanes of at least 4 members (excludes halogenated alkanes) is 2. The number of rotatable bonds is 8. The Kier molecular flexibility index (Phi) is 6.19. The van der Waals surface area contributed by atoms with E-state index in [4.69, 9.17) is 0 Å². The van der Waals surface area contributed by atoms with Gasteiger partial charge in [-0.3, -0.25) is 10.1 Å². The molecular weight excluding hydrogens is 228 g/mol. The van der Waals surface area contributed by atoms with Gasteiger partial charge in [0.15, 0.2) is 0 Å². The van der Waals surface area contributed by atoms with Gasteiger partial charge in [-0.1, -0.05) is 26.7 Å². The van der Waals surface area contributed by atoms with E-state index in [2.05, 4.69) is 18.7 Å². The lowest BCUT2D eigenvalue weighted by Crippen LogP contribution is -2.25. The van der Waals surface area contributed by atoms with Gasteiger partial charge >= 0.3 is 0 Å². The minimum Gasteiger partial charge on any atom is -0.372 e. The van der Waals surface area contributed by atoms with E-state index >= 15 is 0 Å². The SMILES string of the molecule is CCCCCN(CCC)c1ccc([N+](=O)[O-])cc1. The molecule has 0 aliphatic rings. The Labute approximate surface area is 109 Å². The monoisotopic (exact) mass is 250 g/mol. The number of benzene rings is 1. The number of hydrogen-bond acceptors (Lipinski definition) is 3. The molecule has 0 heterocycles. The van der Waals surface area contributed by atoms with Crippen LogP contribution in [-0.4, -0.2) is 18.0 Å². The summed E-state index contributed by atoms with van der Waals surface area (Å²) in [6.07, 6.45) is 4.70. The Hall–Kier alpha value is -1.58. The van der Waals surface area contributed by atoms with Gasteiger partial charge < -0.3 is 4.90 Å². The number of anilines is 1. The van der Waals surface area contributed by atoms with Gasteiger partial charge in [0.25, 0.3) is 5.69 Å². The highest BCUT2D eigenvalue weighted by molar-refractivity contribution is 5.50. The third kappa shape index (κ3) is 4.35. The van der Waals surface area contributed by atoms with Crippen LogP contribution in [-0.2, 0) is 0 Å². The molecule has 0 aromatic heterocycles. The summed E-state index contributed by atoms with van der Waals surface area (Å²) in [5.74, 6) is 0. The summed E-state index contributed by atoms with van der Waals surface area (Å²) in [6, 6.07) is 6.86. The molecule has 0 atom stereocenters. The predicted octanol–water partition coefficient (Wildman–Crippen LogP) is 4.00. The summed E-state index contributed by atoms with van der Waals surface area (Å²) < 4.78 is 0. The number of nitrogens with zero attached hydrogens (tertiary/aromatic N) is 2. The van der Waals surface area contributed by atoms with Crippen molar-refractivity contribution < 1.29 is 4.92 Å². The van der Waals surface area contributed by atoms with Crippen molar-refractivity contribution >= 4 is 11.4 Å². The van der Waals surface area contributed by atoms with Crippen LogP contribution in [0.5, 0.6) is 0 Å². The van der Waals surface area contributed by atoms with Crippen LogP contribution in [0.3, 0.4) is 0 Å². The Bertz CT molecular complexity index is 363. The largest absolute Gasteiger partial charge is 0.372 e. The maximum Gasteiger partial charge on any atom is 0.269 e. The van der Waals surface area contributed by atoms with Crippen molar-refractivity contribution in [3.8, 4) is 0 Å². The van der Waals surface area contributed by atoms with Gasteiger partial charge in [0.05, 0.1) is 4.92 Å². The van der Waals surface area contributed by atoms with Gasteiger partial charge in [-0.25, -0.2) is 0 Å². The molecule has 0 bridgehead atoms. The van der Waals surface area contributed by atoms with E-state index in [1.165, 1.54) is 19.3 Å². The lowest BCUT2D eigenvalue weighted by Gasteiger charge is -2.24. The molecule has 100 valence electrons. The first-order chi connectivity index (χ1) is 8.69. The van der Waals surface area contributed by atoms with Crippen molar-refractivity contribution in [2.45, 2.75) is 39.5 Å². The van der Waals surface area contributed by atoms with Crippen LogP contribution in [0, 0.1) is 10.1 Å². The molecule has 1 aromatic carbocycles. The number of hydrogen-bond donors (Lipinski definition) is 0. The highest BCUT2D eigenvalue weighted by Crippen LogP contribution is 2.20. The number of nitro groups is 1. The number of nitro benzene ring substituents is 1. The van der Waals surface area contributed by atoms with Crippen molar-refractivity contribution in [3.05, 3.63) is 34.4 Å². The number of non-ortho nitro benzene ring substituents is 1. The van der Waals surface area contributed by atoms with E-state index in [9.17, 15) is 10.1 Å². The Morgan fingerprint density at radius 2 is 1.72 bits per heavy atom. The fourth-order valence-corrected chi connectivity index (χ4v) is 1.98. The van der Waals surface area contributed by atoms with E-state index in [1.807, 2.05) is 12.1 Å². The molecule has 0 spiro atoms. The highest BCUT2D eigenvalue weighted by Gasteiger charge is 2.08. The molecule has 0 unspecified atom stereocenters. The van der Waals surface area contributed by atoms with Crippen LogP contribution in [0.4, 0.5) is 11.4 Å². The van der Waals surface area contributed by atoms with Crippen molar-refractivity contribution in [2.24, 2.45) is 0 Å². The molecule has 1 aromatic rings. The fourth-order valence-electron chi connectivity index (χ4n) is 1.98. The van der Waals surface area contributed by atoms with E-state index in [0.29, 0.717) is 0 Å². The summed E-state index contributed by atoms with van der Waals surface area (Å²) in [5, 5.41) is 10.6. The fraction of sp³-hybridized carbons (Fsp3) is 0.571. The lowest BCUT2D eigenvalue weighted by atomic mass is 10.2. The average molecular weight is 250 g/mol. The Morgan fingerprint density at radius 3 is 2.22 bits per heavy atom. The maximum absolute atomic E-state index is 10.6. The van der Waals surface area contributed by atoms with Gasteiger partial charge in [-0.05, 0) is 25.0 Å². The quantitative estimate of drug-likeness (QED) is 0.398. The van der Waals surface area contributed by atoms with Gasteiger partial charge in [0.2, 0.25) is 0 Å². The predicted molar refractivity (Wildman–Crippen MR) is 75.1 cm³/mol. The molecule has 0 radical (unpaired) electrons. The second kappa shape index (κ2) is 7.69. The minimum atomic E-state index is -0.356. The molecule has 0 N–H and O–H groups in total. The van der Waals surface area contributed by atoms with Crippen molar-refractivity contribution in [3.63, 3.8) is 0 Å². The van der Waals surface area contributed by atoms with E-state index in [-0.39, 0.29) is 10.6 Å². The van der Waals surface area contributed by atoms with Crippen LogP contribution < -0.4 is 4.90 Å². The third-order valence-electron chi connectivity index (χ3n) is 2.95. The molecule has 0 fully saturated rings. The first-order valence-electron chi connectivity index (χ1n) is 6.68. The van der Waals surface area contributed by atoms with Gasteiger partial charge in [0.1, 0.15) is 0 Å². The highest BCUT2D eigenvalue weighted by atomic mass is 16.6. The molecule has 0 aliphatic heterocycles. The van der Waals surface area contributed by atoms with Gasteiger partial charge in [0, 0.05) is 30.9 Å². The van der Waals surface area contributed by atoms with Crippen LogP contribution in [0.15, 0.2) is 24.3 Å². The molecule has 0 saturated heterocycles. The van der Waals surface area contributed by atoms with Crippen LogP contribution in [0.2, 0.25) is 0 Å².